The number of pyridine rings is 1. The number of nitrogens with one attached hydrogen (secondary N) is 1. The molecule has 1 saturated heterocycles. The van der Waals surface area contributed by atoms with Crippen LogP contribution in [0.3, 0.4) is 0 Å². The molecule has 0 radical (unpaired) electrons. The first-order valence-corrected chi connectivity index (χ1v) is 8.39. The van der Waals surface area contributed by atoms with Gasteiger partial charge in [0.2, 0.25) is 5.91 Å². The summed E-state index contributed by atoms with van der Waals surface area (Å²) in [4.78, 5) is 32.7. The quantitative estimate of drug-likeness (QED) is 0.909. The predicted octanol–water partition coefficient (Wildman–Crippen LogP) is 1.28. The second kappa shape index (κ2) is 6.98. The van der Waals surface area contributed by atoms with Crippen molar-refractivity contribution in [2.24, 2.45) is 5.92 Å². The average molecular weight is 316 g/mol. The van der Waals surface area contributed by atoms with Crippen LogP contribution in [0.1, 0.15) is 36.0 Å². The van der Waals surface area contributed by atoms with Crippen LogP contribution in [-0.4, -0.2) is 54.9 Å². The van der Waals surface area contributed by atoms with E-state index >= 15 is 0 Å². The van der Waals surface area contributed by atoms with Gasteiger partial charge in [0.1, 0.15) is 5.82 Å². The number of hydrogen-bond donors (Lipinski definition) is 1. The van der Waals surface area contributed by atoms with Crippen molar-refractivity contribution in [1.29, 1.82) is 0 Å². The number of aromatic nitrogens is 1. The number of nitrogens with zero attached hydrogens (tertiary/aromatic N) is 3. The zero-order chi connectivity index (χ0) is 16.2. The molecule has 1 aromatic heterocycles. The van der Waals surface area contributed by atoms with Crippen molar-refractivity contribution < 1.29 is 9.59 Å². The Balaban J connectivity index is 1.68. The highest BCUT2D eigenvalue weighted by Gasteiger charge is 2.29. The number of carbonyl (C=O) groups excluding carboxylic acids is 2. The van der Waals surface area contributed by atoms with E-state index in [0.717, 1.165) is 13.1 Å². The molecule has 0 bridgehead atoms. The molecular formula is C17H24N4O2. The maximum atomic E-state index is 12.5. The van der Waals surface area contributed by atoms with Crippen molar-refractivity contribution in [2.45, 2.75) is 25.7 Å². The Kier molecular flexibility index (Phi) is 4.79. The fourth-order valence-electron chi connectivity index (χ4n) is 3.55. The molecular weight excluding hydrogens is 292 g/mol. The van der Waals surface area contributed by atoms with E-state index in [1.54, 1.807) is 25.4 Å². The van der Waals surface area contributed by atoms with Gasteiger partial charge < -0.3 is 15.1 Å². The summed E-state index contributed by atoms with van der Waals surface area (Å²) >= 11 is 0. The zero-order valence-electron chi connectivity index (χ0n) is 13.6. The minimum absolute atomic E-state index is 0.136. The maximum Gasteiger partial charge on any atom is 0.254 e. The molecule has 1 aliphatic heterocycles. The first-order chi connectivity index (χ1) is 11.2. The highest BCUT2D eigenvalue weighted by atomic mass is 16.2. The van der Waals surface area contributed by atoms with Crippen LogP contribution in [-0.2, 0) is 4.79 Å². The third-order valence-electron chi connectivity index (χ3n) is 4.83. The average Bonchev–Trinajstić information content (AvgIpc) is 3.09. The van der Waals surface area contributed by atoms with Crippen LogP contribution in [0.15, 0.2) is 18.3 Å². The molecule has 1 aromatic rings. The molecule has 1 saturated carbocycles. The Morgan fingerprint density at radius 1 is 1.35 bits per heavy atom. The number of carbonyl (C=O) groups is 2. The maximum absolute atomic E-state index is 12.5. The van der Waals surface area contributed by atoms with E-state index in [4.69, 9.17) is 0 Å². The van der Waals surface area contributed by atoms with Crippen molar-refractivity contribution in [3.05, 3.63) is 23.9 Å². The summed E-state index contributed by atoms with van der Waals surface area (Å²) in [6.07, 6.45) is 6.74. The summed E-state index contributed by atoms with van der Waals surface area (Å²) in [7, 11) is 1.60. The SMILES string of the molecule is CNC(=O)c1cccnc1N1CCN(CC2CCCC2)C(=O)C1. The third-order valence-corrected chi connectivity index (χ3v) is 4.83. The summed E-state index contributed by atoms with van der Waals surface area (Å²) < 4.78 is 0. The Hall–Kier alpha value is -2.11. The zero-order valence-corrected chi connectivity index (χ0v) is 13.6. The van der Waals surface area contributed by atoms with Crippen LogP contribution >= 0.6 is 0 Å². The molecule has 124 valence electrons. The standard InChI is InChI=1S/C17H24N4O2/c1-18-17(23)14-7-4-8-19-16(14)21-10-9-20(15(22)12-21)11-13-5-2-3-6-13/h4,7-8,13H,2-3,5-6,9-12H2,1H3,(H,18,23). The summed E-state index contributed by atoms with van der Waals surface area (Å²) in [5, 5.41) is 2.63. The smallest absolute Gasteiger partial charge is 0.254 e. The molecule has 1 aliphatic carbocycles. The lowest BCUT2D eigenvalue weighted by molar-refractivity contribution is -0.131. The van der Waals surface area contributed by atoms with E-state index in [2.05, 4.69) is 10.3 Å². The molecule has 0 unspecified atom stereocenters. The van der Waals surface area contributed by atoms with Crippen LogP contribution in [0, 0.1) is 5.92 Å². The van der Waals surface area contributed by atoms with Crippen molar-refractivity contribution in [2.75, 3.05) is 38.1 Å². The van der Waals surface area contributed by atoms with Crippen molar-refractivity contribution in [1.82, 2.24) is 15.2 Å². The molecule has 6 heteroatoms. The van der Waals surface area contributed by atoms with Gasteiger partial charge in [0, 0.05) is 32.9 Å². The second-order valence-electron chi connectivity index (χ2n) is 6.37. The van der Waals surface area contributed by atoms with Gasteiger partial charge in [-0.25, -0.2) is 4.98 Å². The third kappa shape index (κ3) is 3.46. The molecule has 0 atom stereocenters. The predicted molar refractivity (Wildman–Crippen MR) is 88.4 cm³/mol. The number of rotatable bonds is 4. The summed E-state index contributed by atoms with van der Waals surface area (Å²) in [5.41, 5.74) is 0.520. The molecule has 0 aromatic carbocycles. The van der Waals surface area contributed by atoms with Gasteiger partial charge in [0.15, 0.2) is 0 Å². The lowest BCUT2D eigenvalue weighted by Crippen LogP contribution is -2.52. The Bertz CT molecular complexity index is 584. The number of piperazine rings is 1. The van der Waals surface area contributed by atoms with Crippen molar-refractivity contribution in [3.8, 4) is 0 Å². The lowest BCUT2D eigenvalue weighted by atomic mass is 10.1. The monoisotopic (exact) mass is 316 g/mol. The van der Waals surface area contributed by atoms with Gasteiger partial charge >= 0.3 is 0 Å². The first-order valence-electron chi connectivity index (χ1n) is 8.39. The summed E-state index contributed by atoms with van der Waals surface area (Å²) in [6, 6.07) is 3.49. The summed E-state index contributed by atoms with van der Waals surface area (Å²) in [5.74, 6) is 1.23. The largest absolute Gasteiger partial charge is 0.355 e. The van der Waals surface area contributed by atoms with Gasteiger partial charge in [-0.1, -0.05) is 12.8 Å². The number of anilines is 1. The normalized spacial score (nSPS) is 19.3. The first kappa shape index (κ1) is 15.8. The molecule has 0 spiro atoms. The minimum Gasteiger partial charge on any atom is -0.355 e. The van der Waals surface area contributed by atoms with E-state index in [1.807, 2.05) is 9.80 Å². The van der Waals surface area contributed by atoms with Crippen LogP contribution in [0.25, 0.3) is 0 Å². The van der Waals surface area contributed by atoms with Crippen LogP contribution < -0.4 is 10.2 Å². The fourth-order valence-corrected chi connectivity index (χ4v) is 3.55. The topological polar surface area (TPSA) is 65.5 Å². The number of amides is 2. The Morgan fingerprint density at radius 3 is 2.83 bits per heavy atom. The lowest BCUT2D eigenvalue weighted by Gasteiger charge is -2.36. The molecule has 1 N–H and O–H groups in total. The van der Waals surface area contributed by atoms with Gasteiger partial charge in [-0.15, -0.1) is 0 Å². The molecule has 2 amide bonds. The van der Waals surface area contributed by atoms with Gasteiger partial charge in [0.05, 0.1) is 12.1 Å². The highest BCUT2D eigenvalue weighted by molar-refractivity contribution is 5.99. The van der Waals surface area contributed by atoms with Gasteiger partial charge in [-0.05, 0) is 30.9 Å². The molecule has 2 fully saturated rings. The summed E-state index contributed by atoms with van der Waals surface area (Å²) in [6.45, 7) is 2.61. The van der Waals surface area contributed by atoms with E-state index in [1.165, 1.54) is 25.7 Å². The van der Waals surface area contributed by atoms with Crippen molar-refractivity contribution >= 4 is 17.6 Å². The molecule has 2 heterocycles. The van der Waals surface area contributed by atoms with Gasteiger partial charge in [-0.3, -0.25) is 9.59 Å². The second-order valence-corrected chi connectivity index (χ2v) is 6.37. The molecule has 2 aliphatic rings. The van der Waals surface area contributed by atoms with Gasteiger partial charge in [-0.2, -0.15) is 0 Å². The van der Waals surface area contributed by atoms with E-state index in [-0.39, 0.29) is 11.8 Å². The molecule has 23 heavy (non-hydrogen) atoms. The fraction of sp³-hybridized carbons (Fsp3) is 0.588. The van der Waals surface area contributed by atoms with Gasteiger partial charge in [0.25, 0.3) is 5.91 Å². The van der Waals surface area contributed by atoms with Crippen LogP contribution in [0.4, 0.5) is 5.82 Å². The van der Waals surface area contributed by atoms with Crippen LogP contribution in [0.5, 0.6) is 0 Å². The van der Waals surface area contributed by atoms with E-state index in [0.29, 0.717) is 30.4 Å². The minimum atomic E-state index is -0.172. The van der Waals surface area contributed by atoms with E-state index < -0.39 is 0 Å². The van der Waals surface area contributed by atoms with E-state index in [9.17, 15) is 9.59 Å². The Labute approximate surface area is 136 Å². The number of hydrogen-bond acceptors (Lipinski definition) is 4. The van der Waals surface area contributed by atoms with Crippen LogP contribution in [0.2, 0.25) is 0 Å². The highest BCUT2D eigenvalue weighted by Crippen LogP contribution is 2.26. The Morgan fingerprint density at radius 2 is 2.13 bits per heavy atom. The molecule has 3 rings (SSSR count). The van der Waals surface area contributed by atoms with Crippen molar-refractivity contribution in [3.63, 3.8) is 0 Å². The molecule has 6 nitrogen and oxygen atoms in total.